The van der Waals surface area contributed by atoms with Crippen LogP contribution in [0, 0.1) is 0 Å². The molecular formula is C42H26N2. The fourth-order valence-corrected chi connectivity index (χ4v) is 6.67. The summed E-state index contributed by atoms with van der Waals surface area (Å²) in [6.45, 7) is 0. The van der Waals surface area contributed by atoms with E-state index in [0.29, 0.717) is 0 Å². The normalized spacial score (nSPS) is 11.6. The lowest BCUT2D eigenvalue weighted by Crippen LogP contribution is -1.93. The van der Waals surface area contributed by atoms with Crippen molar-refractivity contribution in [3.63, 3.8) is 0 Å². The first-order valence-electron chi connectivity index (χ1n) is 15.0. The SMILES string of the molecule is c1ccc2cc(-c3nc4ccccc4c4c3cc(-c3ccc(-c5cc6ccccc6cn5)cc3)c3ccccc34)ccc2c1. The molecule has 0 aliphatic rings. The van der Waals surface area contributed by atoms with E-state index in [9.17, 15) is 0 Å². The van der Waals surface area contributed by atoms with Gasteiger partial charge in [0.25, 0.3) is 0 Å². The van der Waals surface area contributed by atoms with E-state index in [2.05, 4.69) is 152 Å². The number of pyridine rings is 2. The highest BCUT2D eigenvalue weighted by Gasteiger charge is 2.17. The Morgan fingerprint density at radius 1 is 0.386 bits per heavy atom. The van der Waals surface area contributed by atoms with Crippen molar-refractivity contribution in [2.45, 2.75) is 0 Å². The second-order valence-electron chi connectivity index (χ2n) is 11.4. The van der Waals surface area contributed by atoms with Gasteiger partial charge in [-0.3, -0.25) is 4.98 Å². The van der Waals surface area contributed by atoms with Crippen LogP contribution in [0.2, 0.25) is 0 Å². The van der Waals surface area contributed by atoms with Gasteiger partial charge in [-0.1, -0.05) is 127 Å². The summed E-state index contributed by atoms with van der Waals surface area (Å²) in [4.78, 5) is 10.1. The van der Waals surface area contributed by atoms with E-state index in [1.54, 1.807) is 0 Å². The molecule has 0 bridgehead atoms. The summed E-state index contributed by atoms with van der Waals surface area (Å²) in [5.41, 5.74) is 7.60. The van der Waals surface area contributed by atoms with Gasteiger partial charge in [-0.15, -0.1) is 0 Å². The zero-order valence-electron chi connectivity index (χ0n) is 23.9. The van der Waals surface area contributed by atoms with Gasteiger partial charge in [0.2, 0.25) is 0 Å². The Hall–Kier alpha value is -5.86. The van der Waals surface area contributed by atoms with Crippen molar-refractivity contribution in [3.8, 4) is 33.6 Å². The van der Waals surface area contributed by atoms with Crippen LogP contribution in [0.4, 0.5) is 0 Å². The molecule has 0 radical (unpaired) electrons. The van der Waals surface area contributed by atoms with Crippen LogP contribution < -0.4 is 0 Å². The predicted octanol–water partition coefficient (Wildman–Crippen LogP) is 11.2. The number of hydrogen-bond acceptors (Lipinski definition) is 2. The molecule has 2 heterocycles. The molecule has 0 unspecified atom stereocenters. The largest absolute Gasteiger partial charge is 0.256 e. The molecular weight excluding hydrogens is 532 g/mol. The van der Waals surface area contributed by atoms with Crippen LogP contribution >= 0.6 is 0 Å². The monoisotopic (exact) mass is 558 g/mol. The lowest BCUT2D eigenvalue weighted by Gasteiger charge is -2.16. The zero-order valence-corrected chi connectivity index (χ0v) is 23.9. The van der Waals surface area contributed by atoms with Gasteiger partial charge < -0.3 is 0 Å². The van der Waals surface area contributed by atoms with Crippen LogP contribution in [0.3, 0.4) is 0 Å². The van der Waals surface area contributed by atoms with Crippen LogP contribution in [0.5, 0.6) is 0 Å². The Labute approximate surface area is 254 Å². The van der Waals surface area contributed by atoms with E-state index in [1.807, 2.05) is 6.20 Å². The minimum Gasteiger partial charge on any atom is -0.256 e. The molecule has 9 rings (SSSR count). The number of aromatic nitrogens is 2. The molecule has 0 N–H and O–H groups in total. The second-order valence-corrected chi connectivity index (χ2v) is 11.4. The van der Waals surface area contributed by atoms with Gasteiger partial charge in [0, 0.05) is 38.9 Å². The van der Waals surface area contributed by atoms with Gasteiger partial charge in [0.1, 0.15) is 0 Å². The molecule has 7 aromatic carbocycles. The Balaban J connectivity index is 1.29. The van der Waals surface area contributed by atoms with Crippen molar-refractivity contribution in [1.29, 1.82) is 0 Å². The standard InChI is InChI=1S/C42H26N2/c1-2-10-30-23-32(22-17-27(30)9-1)42-38-25-37(34-13-5-6-14-35(34)41(38)36-15-7-8-16-39(36)44-42)28-18-20-29(21-19-28)40-24-31-11-3-4-12-33(31)26-43-40/h1-26H. The van der Waals surface area contributed by atoms with E-state index < -0.39 is 0 Å². The third-order valence-electron chi connectivity index (χ3n) is 8.85. The average Bonchev–Trinajstić information content (AvgIpc) is 3.10. The summed E-state index contributed by atoms with van der Waals surface area (Å²) < 4.78 is 0. The average molecular weight is 559 g/mol. The van der Waals surface area contributed by atoms with Gasteiger partial charge in [0.15, 0.2) is 0 Å². The fraction of sp³-hybridized carbons (Fsp3) is 0. The number of nitrogens with zero attached hydrogens (tertiary/aromatic N) is 2. The summed E-state index contributed by atoms with van der Waals surface area (Å²) in [5.74, 6) is 0. The van der Waals surface area contributed by atoms with Crippen molar-refractivity contribution < 1.29 is 0 Å². The number of benzene rings is 7. The second kappa shape index (κ2) is 9.86. The van der Waals surface area contributed by atoms with Gasteiger partial charge >= 0.3 is 0 Å². The van der Waals surface area contributed by atoms with Crippen molar-refractivity contribution in [3.05, 3.63) is 158 Å². The van der Waals surface area contributed by atoms with Gasteiger partial charge in [-0.05, 0) is 62.3 Å². The molecule has 0 saturated heterocycles. The lowest BCUT2D eigenvalue weighted by atomic mass is 9.89. The maximum atomic E-state index is 5.29. The van der Waals surface area contributed by atoms with Crippen molar-refractivity contribution in [2.24, 2.45) is 0 Å². The fourth-order valence-electron chi connectivity index (χ4n) is 6.67. The number of fused-ring (bicyclic) bond motifs is 7. The zero-order chi connectivity index (χ0) is 29.0. The van der Waals surface area contributed by atoms with Crippen molar-refractivity contribution in [2.75, 3.05) is 0 Å². The van der Waals surface area contributed by atoms with Crippen molar-refractivity contribution >= 4 is 54.0 Å². The van der Waals surface area contributed by atoms with Crippen LogP contribution in [0.1, 0.15) is 0 Å². The number of rotatable bonds is 3. The minimum atomic E-state index is 0.980. The Bertz CT molecular complexity index is 2550. The Kier molecular flexibility index (Phi) is 5.54. The summed E-state index contributed by atoms with van der Waals surface area (Å²) in [6, 6.07) is 54.2. The van der Waals surface area contributed by atoms with Crippen LogP contribution in [0.15, 0.2) is 158 Å². The van der Waals surface area contributed by atoms with Gasteiger partial charge in [0.05, 0.1) is 16.9 Å². The molecule has 0 atom stereocenters. The first-order chi connectivity index (χ1) is 21.8. The van der Waals surface area contributed by atoms with Gasteiger partial charge in [-0.25, -0.2) is 4.98 Å². The molecule has 2 aromatic heterocycles. The van der Waals surface area contributed by atoms with E-state index in [1.165, 1.54) is 48.8 Å². The molecule has 44 heavy (non-hydrogen) atoms. The minimum absolute atomic E-state index is 0.980. The molecule has 0 fully saturated rings. The quantitative estimate of drug-likeness (QED) is 0.202. The summed E-state index contributed by atoms with van der Waals surface area (Å²) in [6.07, 6.45) is 1.96. The number of para-hydroxylation sites is 1. The Morgan fingerprint density at radius 2 is 1.00 bits per heavy atom. The smallest absolute Gasteiger partial charge is 0.0788 e. The molecule has 0 spiro atoms. The molecule has 0 saturated carbocycles. The van der Waals surface area contributed by atoms with E-state index in [0.717, 1.165) is 38.8 Å². The van der Waals surface area contributed by atoms with Crippen LogP contribution in [-0.4, -0.2) is 9.97 Å². The molecule has 2 heteroatoms. The highest BCUT2D eigenvalue weighted by molar-refractivity contribution is 6.25. The van der Waals surface area contributed by atoms with E-state index in [4.69, 9.17) is 9.97 Å². The van der Waals surface area contributed by atoms with E-state index >= 15 is 0 Å². The molecule has 204 valence electrons. The highest BCUT2D eigenvalue weighted by Crippen LogP contribution is 2.42. The summed E-state index contributed by atoms with van der Waals surface area (Å²) >= 11 is 0. The lowest BCUT2D eigenvalue weighted by molar-refractivity contribution is 1.36. The van der Waals surface area contributed by atoms with E-state index in [-0.39, 0.29) is 0 Å². The number of hydrogen-bond donors (Lipinski definition) is 0. The van der Waals surface area contributed by atoms with Crippen LogP contribution in [-0.2, 0) is 0 Å². The molecule has 2 nitrogen and oxygen atoms in total. The first-order valence-corrected chi connectivity index (χ1v) is 15.0. The molecule has 0 aliphatic heterocycles. The Morgan fingerprint density at radius 3 is 1.82 bits per heavy atom. The predicted molar refractivity (Wildman–Crippen MR) is 186 cm³/mol. The maximum Gasteiger partial charge on any atom is 0.0788 e. The van der Waals surface area contributed by atoms with Crippen LogP contribution in [0.25, 0.3) is 87.6 Å². The summed E-state index contributed by atoms with van der Waals surface area (Å²) in [7, 11) is 0. The topological polar surface area (TPSA) is 25.8 Å². The first kappa shape index (κ1) is 24.7. The van der Waals surface area contributed by atoms with Crippen molar-refractivity contribution in [1.82, 2.24) is 9.97 Å². The third-order valence-corrected chi connectivity index (χ3v) is 8.85. The third kappa shape index (κ3) is 3.96. The van der Waals surface area contributed by atoms with Gasteiger partial charge in [-0.2, -0.15) is 0 Å². The molecule has 0 amide bonds. The molecule has 0 aliphatic carbocycles. The molecule has 9 aromatic rings. The highest BCUT2D eigenvalue weighted by atomic mass is 14.7. The summed E-state index contributed by atoms with van der Waals surface area (Å²) in [5, 5.41) is 10.8. The maximum absolute atomic E-state index is 5.29.